The van der Waals surface area contributed by atoms with Crippen LogP contribution in [0.1, 0.15) is 0 Å². The zero-order chi connectivity index (χ0) is 18.0. The lowest BCUT2D eigenvalue weighted by Gasteiger charge is -2.10. The fraction of sp³-hybridized carbons (Fsp3) is 0.125. The van der Waals surface area contributed by atoms with Gasteiger partial charge in [0.2, 0.25) is 5.65 Å². The zero-order valence-corrected chi connectivity index (χ0v) is 13.8. The average molecular weight is 362 g/mol. The van der Waals surface area contributed by atoms with Crippen molar-refractivity contribution in [2.24, 2.45) is 0 Å². The molecule has 0 aliphatic heterocycles. The van der Waals surface area contributed by atoms with Gasteiger partial charge in [-0.15, -0.1) is 16.8 Å². The van der Waals surface area contributed by atoms with Crippen LogP contribution in [0, 0.1) is 5.82 Å². The summed E-state index contributed by atoms with van der Waals surface area (Å²) in [5, 5.41) is 12.0. The Hall–Kier alpha value is -3.00. The predicted octanol–water partition coefficient (Wildman–Crippen LogP) is 2.52. The number of hydrogen-bond acceptors (Lipinski definition) is 5. The number of hydrogen-bond donors (Lipinski definition) is 0. The van der Waals surface area contributed by atoms with Gasteiger partial charge in [-0.3, -0.25) is 9.48 Å². The number of rotatable bonds is 6. The highest BCUT2D eigenvalue weighted by atomic mass is 35.5. The van der Waals surface area contributed by atoms with Gasteiger partial charge in [-0.25, -0.2) is 4.39 Å². The second-order valence-corrected chi connectivity index (χ2v) is 5.42. The van der Waals surface area contributed by atoms with Gasteiger partial charge < -0.3 is 4.74 Å². The van der Waals surface area contributed by atoms with E-state index in [-0.39, 0.29) is 34.1 Å². The topological polar surface area (TPSA) is 74.8 Å². The van der Waals surface area contributed by atoms with Crippen LogP contribution < -0.4 is 10.3 Å². The third-order valence-corrected chi connectivity index (χ3v) is 3.59. The van der Waals surface area contributed by atoms with Gasteiger partial charge in [0.25, 0.3) is 5.56 Å². The second kappa shape index (κ2) is 6.86. The molecule has 2 aromatic heterocycles. The fourth-order valence-electron chi connectivity index (χ4n) is 2.20. The largest absolute Gasteiger partial charge is 0.488 e. The number of nitrogens with zero attached hydrogens (tertiary/aromatic N) is 5. The number of aromatic nitrogens is 5. The highest BCUT2D eigenvalue weighted by molar-refractivity contribution is 6.32. The van der Waals surface area contributed by atoms with E-state index in [0.29, 0.717) is 6.54 Å². The molecule has 1 aromatic carbocycles. The van der Waals surface area contributed by atoms with E-state index in [0.717, 1.165) is 10.7 Å². The Morgan fingerprint density at radius 2 is 2.12 bits per heavy atom. The molecular formula is C16H13ClFN5O2. The molecule has 9 heteroatoms. The van der Waals surface area contributed by atoms with E-state index in [9.17, 15) is 9.18 Å². The first kappa shape index (κ1) is 16.8. The molecule has 0 radical (unpaired) electrons. The monoisotopic (exact) mass is 361 g/mol. The number of fused-ring (bicyclic) bond motifs is 1. The third kappa shape index (κ3) is 3.16. The molecule has 3 rings (SSSR count). The van der Waals surface area contributed by atoms with E-state index in [1.165, 1.54) is 23.0 Å². The zero-order valence-electron chi connectivity index (χ0n) is 13.0. The molecule has 128 valence electrons. The van der Waals surface area contributed by atoms with Gasteiger partial charge in [-0.05, 0) is 6.07 Å². The summed E-state index contributed by atoms with van der Waals surface area (Å²) in [6, 6.07) is 2.34. The Kier molecular flexibility index (Phi) is 4.62. The summed E-state index contributed by atoms with van der Waals surface area (Å²) in [6.07, 6.45) is 4.65. The molecule has 0 aliphatic carbocycles. The van der Waals surface area contributed by atoms with Crippen LogP contribution in [0.15, 0.2) is 48.4 Å². The maximum absolute atomic E-state index is 14.3. The summed E-state index contributed by atoms with van der Waals surface area (Å²) in [6.45, 7) is 7.72. The minimum Gasteiger partial charge on any atom is -0.488 e. The predicted molar refractivity (Wildman–Crippen MR) is 91.8 cm³/mol. The summed E-state index contributed by atoms with van der Waals surface area (Å²) >= 11 is 5.95. The summed E-state index contributed by atoms with van der Waals surface area (Å²) in [7, 11) is 0. The van der Waals surface area contributed by atoms with Crippen LogP contribution in [0.25, 0.3) is 16.7 Å². The van der Waals surface area contributed by atoms with Gasteiger partial charge in [0.05, 0.1) is 11.6 Å². The Morgan fingerprint density at radius 1 is 1.32 bits per heavy atom. The van der Waals surface area contributed by atoms with Gasteiger partial charge in [0.15, 0.2) is 5.82 Å². The first-order valence-electron chi connectivity index (χ1n) is 7.22. The quantitative estimate of drug-likeness (QED) is 0.631. The van der Waals surface area contributed by atoms with Crippen molar-refractivity contribution in [1.29, 1.82) is 0 Å². The number of halogens is 2. The fourth-order valence-corrected chi connectivity index (χ4v) is 2.41. The maximum Gasteiger partial charge on any atom is 0.285 e. The van der Waals surface area contributed by atoms with E-state index in [1.54, 1.807) is 6.08 Å². The normalized spacial score (nSPS) is 10.8. The Bertz CT molecular complexity index is 1030. The lowest BCUT2D eigenvalue weighted by atomic mass is 10.2. The van der Waals surface area contributed by atoms with Crippen molar-refractivity contribution in [3.8, 4) is 11.4 Å². The lowest BCUT2D eigenvalue weighted by molar-refractivity contribution is 0.362. The van der Waals surface area contributed by atoms with Crippen LogP contribution in [0.4, 0.5) is 4.39 Å². The molecule has 0 amide bonds. The number of benzene rings is 1. The van der Waals surface area contributed by atoms with Gasteiger partial charge >= 0.3 is 0 Å². The van der Waals surface area contributed by atoms with Gasteiger partial charge in [0.1, 0.15) is 23.4 Å². The number of ether oxygens (including phenoxy) is 1. The van der Waals surface area contributed by atoms with E-state index in [1.807, 2.05) is 0 Å². The van der Waals surface area contributed by atoms with Crippen LogP contribution in [0.2, 0.25) is 5.02 Å². The van der Waals surface area contributed by atoms with E-state index in [4.69, 9.17) is 16.3 Å². The van der Waals surface area contributed by atoms with Crippen molar-refractivity contribution in [2.45, 2.75) is 6.54 Å². The smallest absolute Gasteiger partial charge is 0.285 e. The summed E-state index contributed by atoms with van der Waals surface area (Å²) in [4.78, 5) is 12.6. The summed E-state index contributed by atoms with van der Waals surface area (Å²) in [5.41, 5.74) is -0.517. The summed E-state index contributed by atoms with van der Waals surface area (Å²) in [5.74, 6) is -0.528. The Morgan fingerprint density at radius 3 is 2.84 bits per heavy atom. The summed E-state index contributed by atoms with van der Waals surface area (Å²) < 4.78 is 22.0. The first-order valence-corrected chi connectivity index (χ1v) is 7.60. The van der Waals surface area contributed by atoms with E-state index >= 15 is 0 Å². The molecule has 0 saturated carbocycles. The van der Waals surface area contributed by atoms with Crippen molar-refractivity contribution in [2.75, 3.05) is 6.61 Å². The molecule has 0 aliphatic rings. The Balaban J connectivity index is 2.15. The first-order chi connectivity index (χ1) is 12.0. The van der Waals surface area contributed by atoms with Crippen molar-refractivity contribution >= 4 is 22.6 Å². The molecule has 2 heterocycles. The molecule has 0 spiro atoms. The molecule has 0 N–H and O–H groups in total. The van der Waals surface area contributed by atoms with Crippen LogP contribution in [-0.2, 0) is 6.54 Å². The van der Waals surface area contributed by atoms with E-state index in [2.05, 4.69) is 28.6 Å². The van der Waals surface area contributed by atoms with Gasteiger partial charge in [-0.1, -0.05) is 35.5 Å². The molecule has 0 atom stereocenters. The molecule has 0 bridgehead atoms. The highest BCUT2D eigenvalue weighted by Gasteiger charge is 2.17. The minimum absolute atomic E-state index is 0.0731. The Labute approximate surface area is 146 Å². The van der Waals surface area contributed by atoms with Crippen molar-refractivity contribution < 1.29 is 9.13 Å². The molecular weight excluding hydrogens is 349 g/mol. The van der Waals surface area contributed by atoms with Crippen LogP contribution in [0.5, 0.6) is 5.75 Å². The lowest BCUT2D eigenvalue weighted by Crippen LogP contribution is -2.23. The van der Waals surface area contributed by atoms with Crippen molar-refractivity contribution in [1.82, 2.24) is 24.8 Å². The molecule has 7 nitrogen and oxygen atoms in total. The SMILES string of the molecule is C=CCOc1cc(-n2nnc3nn(CC=C)cc3c2=O)c(F)cc1Cl. The van der Waals surface area contributed by atoms with Gasteiger partial charge in [0, 0.05) is 12.3 Å². The standard InChI is InChI=1S/C16H13ClFN5O2/c1-3-5-22-9-10-15(20-22)19-21-23(16(10)24)13-8-14(25-6-4-2)11(17)7-12(13)18/h3-4,7-9H,1-2,5-6H2. The van der Waals surface area contributed by atoms with Crippen molar-refractivity contribution in [3.05, 3.63) is 64.8 Å². The number of allylic oxidation sites excluding steroid dienone is 1. The highest BCUT2D eigenvalue weighted by Crippen LogP contribution is 2.29. The van der Waals surface area contributed by atoms with E-state index < -0.39 is 11.4 Å². The minimum atomic E-state index is -0.731. The van der Waals surface area contributed by atoms with Crippen LogP contribution >= 0.6 is 11.6 Å². The molecule has 0 saturated heterocycles. The average Bonchev–Trinajstić information content (AvgIpc) is 2.99. The van der Waals surface area contributed by atoms with Crippen LogP contribution in [-0.4, -0.2) is 31.4 Å². The second-order valence-electron chi connectivity index (χ2n) is 5.02. The molecule has 3 aromatic rings. The maximum atomic E-state index is 14.3. The third-order valence-electron chi connectivity index (χ3n) is 3.30. The van der Waals surface area contributed by atoms with Crippen LogP contribution in [0.3, 0.4) is 0 Å². The molecule has 25 heavy (non-hydrogen) atoms. The van der Waals surface area contributed by atoms with Gasteiger partial charge in [-0.2, -0.15) is 4.68 Å². The van der Waals surface area contributed by atoms with Crippen molar-refractivity contribution in [3.63, 3.8) is 0 Å². The molecule has 0 unspecified atom stereocenters. The molecule has 0 fully saturated rings.